The molecule has 22 heavy (non-hydrogen) atoms. The number of aromatic nitrogens is 3. The minimum Gasteiger partial charge on any atom is -0.367 e. The lowest BCUT2D eigenvalue weighted by Gasteiger charge is -2.31. The Balaban J connectivity index is 1.55. The number of halogens is 1. The summed E-state index contributed by atoms with van der Waals surface area (Å²) in [5.74, 6) is 0.853. The van der Waals surface area contributed by atoms with Gasteiger partial charge in [-0.2, -0.15) is 4.98 Å². The third-order valence-corrected chi connectivity index (χ3v) is 3.76. The number of hydrogen-bond acceptors (Lipinski definition) is 4. The van der Waals surface area contributed by atoms with Gasteiger partial charge in [-0.05, 0) is 31.0 Å². The van der Waals surface area contributed by atoms with Gasteiger partial charge in [0.2, 0.25) is 5.95 Å². The fourth-order valence-corrected chi connectivity index (χ4v) is 2.60. The maximum absolute atomic E-state index is 13.1. The third-order valence-electron chi connectivity index (χ3n) is 3.76. The monoisotopic (exact) mass is 304 g/mol. The number of nitrogens with zero attached hydrogens (tertiary/aromatic N) is 3. The van der Waals surface area contributed by atoms with Crippen molar-refractivity contribution in [3.05, 3.63) is 35.9 Å². The maximum atomic E-state index is 13.1. The van der Waals surface area contributed by atoms with Crippen LogP contribution in [-0.2, 0) is 0 Å². The van der Waals surface area contributed by atoms with Gasteiger partial charge in [-0.15, -0.1) is 5.10 Å². The molecule has 2 heterocycles. The number of rotatable bonds is 2. The van der Waals surface area contributed by atoms with E-state index in [0.29, 0.717) is 18.8 Å². The first-order chi connectivity index (χ1) is 10.6. The molecule has 0 unspecified atom stereocenters. The highest BCUT2D eigenvalue weighted by molar-refractivity contribution is 5.89. The third kappa shape index (κ3) is 3.16. The van der Waals surface area contributed by atoms with E-state index >= 15 is 0 Å². The summed E-state index contributed by atoms with van der Waals surface area (Å²) in [5, 5.41) is 9.34. The molecule has 1 fully saturated rings. The predicted molar refractivity (Wildman–Crippen MR) is 79.8 cm³/mol. The van der Waals surface area contributed by atoms with Crippen molar-refractivity contribution in [1.29, 1.82) is 0 Å². The number of piperidine rings is 1. The number of anilines is 2. The van der Waals surface area contributed by atoms with Crippen LogP contribution in [0, 0.1) is 5.82 Å². The second-order valence-electron chi connectivity index (χ2n) is 5.28. The highest BCUT2D eigenvalue weighted by Crippen LogP contribution is 2.26. The number of amides is 2. The number of H-pyrrole nitrogens is 1. The van der Waals surface area contributed by atoms with Crippen molar-refractivity contribution < 1.29 is 9.18 Å². The first-order valence-electron chi connectivity index (χ1n) is 7.11. The Morgan fingerprint density at radius 3 is 2.82 bits per heavy atom. The molecular formula is C14H17FN6O. The normalized spacial score (nSPS) is 15.8. The Hall–Kier alpha value is -2.64. The molecule has 116 valence electrons. The number of carbonyl (C=O) groups excluding carboxylic acids is 1. The van der Waals surface area contributed by atoms with Crippen molar-refractivity contribution in [1.82, 2.24) is 20.1 Å². The van der Waals surface area contributed by atoms with Crippen molar-refractivity contribution in [3.63, 3.8) is 0 Å². The minimum atomic E-state index is -0.376. The van der Waals surface area contributed by atoms with Gasteiger partial charge in [0, 0.05) is 24.7 Å². The molecule has 0 spiro atoms. The van der Waals surface area contributed by atoms with Crippen LogP contribution in [0.1, 0.15) is 24.6 Å². The van der Waals surface area contributed by atoms with Crippen LogP contribution < -0.4 is 11.1 Å². The molecule has 0 aliphatic carbocycles. The standard InChI is InChI=1S/C14H17FN6O/c15-10-2-1-3-11(8-10)17-14(22)21-6-4-9(5-7-21)12-18-13(16)20-19-12/h1-3,8-9H,4-7H2,(H,17,22)(H3,16,18,19,20). The molecular weight excluding hydrogens is 287 g/mol. The number of nitrogen functional groups attached to an aromatic ring is 1. The van der Waals surface area contributed by atoms with Crippen molar-refractivity contribution >= 4 is 17.7 Å². The van der Waals surface area contributed by atoms with Crippen LogP contribution in [0.2, 0.25) is 0 Å². The molecule has 8 heteroatoms. The van der Waals surface area contributed by atoms with E-state index in [4.69, 9.17) is 5.73 Å². The average Bonchev–Trinajstić information content (AvgIpc) is 2.94. The van der Waals surface area contributed by atoms with E-state index < -0.39 is 0 Å². The summed E-state index contributed by atoms with van der Waals surface area (Å²) in [5.41, 5.74) is 5.95. The van der Waals surface area contributed by atoms with Crippen molar-refractivity contribution in [2.75, 3.05) is 24.1 Å². The van der Waals surface area contributed by atoms with E-state index in [1.165, 1.54) is 12.1 Å². The quantitative estimate of drug-likeness (QED) is 0.789. The number of urea groups is 1. The van der Waals surface area contributed by atoms with Gasteiger partial charge in [-0.1, -0.05) is 6.07 Å². The summed E-state index contributed by atoms with van der Waals surface area (Å²) in [7, 11) is 0. The van der Waals surface area contributed by atoms with Crippen molar-refractivity contribution in [2.45, 2.75) is 18.8 Å². The van der Waals surface area contributed by atoms with Crippen molar-refractivity contribution in [3.8, 4) is 0 Å². The zero-order chi connectivity index (χ0) is 15.5. The van der Waals surface area contributed by atoms with E-state index in [1.54, 1.807) is 17.0 Å². The molecule has 7 nitrogen and oxygen atoms in total. The molecule has 4 N–H and O–H groups in total. The summed E-state index contributed by atoms with van der Waals surface area (Å²) in [6, 6.07) is 5.63. The van der Waals surface area contributed by atoms with Crippen LogP contribution in [0.4, 0.5) is 20.8 Å². The second-order valence-corrected chi connectivity index (χ2v) is 5.28. The van der Waals surface area contributed by atoms with Gasteiger partial charge in [-0.25, -0.2) is 9.18 Å². The fraction of sp³-hybridized carbons (Fsp3) is 0.357. The van der Waals surface area contributed by atoms with Crippen LogP contribution >= 0.6 is 0 Å². The first-order valence-corrected chi connectivity index (χ1v) is 7.11. The number of aromatic amines is 1. The molecule has 0 atom stereocenters. The summed E-state index contributed by atoms with van der Waals surface area (Å²) in [4.78, 5) is 18.0. The van der Waals surface area contributed by atoms with E-state index in [-0.39, 0.29) is 23.7 Å². The molecule has 1 aliphatic heterocycles. The lowest BCUT2D eigenvalue weighted by Crippen LogP contribution is -2.40. The number of carbonyl (C=O) groups is 1. The van der Waals surface area contributed by atoms with Gasteiger partial charge >= 0.3 is 6.03 Å². The van der Waals surface area contributed by atoms with E-state index in [2.05, 4.69) is 20.5 Å². The molecule has 2 aromatic rings. The molecule has 0 radical (unpaired) electrons. The molecule has 1 aliphatic rings. The predicted octanol–water partition coefficient (Wildman–Crippen LogP) is 1.94. The number of benzene rings is 1. The van der Waals surface area contributed by atoms with Crippen LogP contribution in [0.25, 0.3) is 0 Å². The first kappa shape index (κ1) is 14.3. The SMILES string of the molecule is Nc1n[nH]c(C2CCN(C(=O)Nc3cccc(F)c3)CC2)n1. The Morgan fingerprint density at radius 1 is 1.41 bits per heavy atom. The Labute approximate surface area is 126 Å². The number of hydrogen-bond donors (Lipinski definition) is 3. The zero-order valence-corrected chi connectivity index (χ0v) is 11.9. The smallest absolute Gasteiger partial charge is 0.321 e. The maximum Gasteiger partial charge on any atom is 0.321 e. The average molecular weight is 304 g/mol. The molecule has 1 saturated heterocycles. The highest BCUT2D eigenvalue weighted by Gasteiger charge is 2.25. The van der Waals surface area contributed by atoms with Crippen LogP contribution in [0.3, 0.4) is 0 Å². The topological polar surface area (TPSA) is 99.9 Å². The van der Waals surface area contributed by atoms with E-state index in [0.717, 1.165) is 18.7 Å². The molecule has 2 amide bonds. The number of likely N-dealkylation sites (tertiary alicyclic amines) is 1. The molecule has 0 bridgehead atoms. The Bertz CT molecular complexity index is 665. The summed E-state index contributed by atoms with van der Waals surface area (Å²) >= 11 is 0. The highest BCUT2D eigenvalue weighted by atomic mass is 19.1. The Morgan fingerprint density at radius 2 is 2.18 bits per heavy atom. The summed E-state index contributed by atoms with van der Waals surface area (Å²) in [6.45, 7) is 1.21. The lowest BCUT2D eigenvalue weighted by molar-refractivity contribution is 0.193. The zero-order valence-electron chi connectivity index (χ0n) is 11.9. The Kier molecular flexibility index (Phi) is 3.90. The second kappa shape index (κ2) is 6.00. The van der Waals surface area contributed by atoms with Gasteiger partial charge in [0.15, 0.2) is 0 Å². The molecule has 0 saturated carbocycles. The van der Waals surface area contributed by atoms with Gasteiger partial charge in [0.05, 0.1) is 0 Å². The van der Waals surface area contributed by atoms with Gasteiger partial charge < -0.3 is 16.0 Å². The van der Waals surface area contributed by atoms with Crippen LogP contribution in [0.15, 0.2) is 24.3 Å². The van der Waals surface area contributed by atoms with Gasteiger partial charge in [0.25, 0.3) is 0 Å². The van der Waals surface area contributed by atoms with Crippen LogP contribution in [-0.4, -0.2) is 39.2 Å². The van der Waals surface area contributed by atoms with Gasteiger partial charge in [-0.3, -0.25) is 5.10 Å². The summed E-state index contributed by atoms with van der Waals surface area (Å²) < 4.78 is 13.1. The molecule has 1 aromatic carbocycles. The molecule has 1 aromatic heterocycles. The number of nitrogens with two attached hydrogens (primary N) is 1. The summed E-state index contributed by atoms with van der Waals surface area (Å²) in [6.07, 6.45) is 1.57. The number of nitrogens with one attached hydrogen (secondary N) is 2. The van der Waals surface area contributed by atoms with Crippen LogP contribution in [0.5, 0.6) is 0 Å². The van der Waals surface area contributed by atoms with E-state index in [9.17, 15) is 9.18 Å². The van der Waals surface area contributed by atoms with Gasteiger partial charge in [0.1, 0.15) is 11.6 Å². The largest absolute Gasteiger partial charge is 0.367 e. The minimum absolute atomic E-state index is 0.221. The lowest BCUT2D eigenvalue weighted by atomic mass is 9.96. The van der Waals surface area contributed by atoms with E-state index in [1.807, 2.05) is 0 Å². The van der Waals surface area contributed by atoms with Crippen molar-refractivity contribution in [2.24, 2.45) is 0 Å². The molecule has 3 rings (SSSR count). The fourth-order valence-electron chi connectivity index (χ4n) is 2.60.